The van der Waals surface area contributed by atoms with Crippen molar-refractivity contribution in [2.75, 3.05) is 86.5 Å². The summed E-state index contributed by atoms with van der Waals surface area (Å²) in [4.78, 5) is 30.8. The Bertz CT molecular complexity index is 1470. The summed E-state index contributed by atoms with van der Waals surface area (Å²) < 4.78 is 4.92. The van der Waals surface area contributed by atoms with Gasteiger partial charge in [0, 0.05) is 71.0 Å². The van der Waals surface area contributed by atoms with Gasteiger partial charge in [0.2, 0.25) is 5.95 Å². The molecule has 2 aliphatic heterocycles. The van der Waals surface area contributed by atoms with Crippen LogP contribution in [0.5, 0.6) is 5.75 Å². The van der Waals surface area contributed by atoms with E-state index in [1.54, 1.807) is 12.1 Å². The van der Waals surface area contributed by atoms with Gasteiger partial charge in [-0.3, -0.25) is 9.69 Å². The van der Waals surface area contributed by atoms with Gasteiger partial charge < -0.3 is 29.9 Å². The molecule has 1 aromatic carbocycles. The molecule has 2 N–H and O–H groups in total. The zero-order valence-corrected chi connectivity index (χ0v) is 27.5. The van der Waals surface area contributed by atoms with E-state index in [1.807, 2.05) is 51.5 Å². The molecule has 2 aromatic heterocycles. The number of anilines is 4. The van der Waals surface area contributed by atoms with E-state index in [0.717, 1.165) is 82.5 Å². The number of nitrogens with one attached hydrogen (secondary N) is 1. The van der Waals surface area contributed by atoms with Gasteiger partial charge in [0.15, 0.2) is 5.82 Å². The smallest absolute Gasteiger partial charge is 0.308 e. The van der Waals surface area contributed by atoms with Crippen molar-refractivity contribution in [3.8, 4) is 17.0 Å². The minimum absolute atomic E-state index is 0.0333. The number of aromatic nitrogens is 4. The van der Waals surface area contributed by atoms with Gasteiger partial charge in [0.1, 0.15) is 5.75 Å². The fourth-order valence-electron chi connectivity index (χ4n) is 7.61. The second kappa shape index (κ2) is 13.7. The number of esters is 1. The SMILES string of the molecule is CC.CNc1nnc(-c2ccccc2O)cc1N1CCN(c2ncc(N3CCN(C4CC5(CC(C(=O)OC)C5)C4)CC3)cn2)CC1. The number of carbonyl (C=O) groups excluding carboxylic acids is 1. The molecule has 0 bridgehead atoms. The summed E-state index contributed by atoms with van der Waals surface area (Å²) in [6, 6.07) is 9.84. The van der Waals surface area contributed by atoms with Crippen molar-refractivity contribution in [3.63, 3.8) is 0 Å². The maximum Gasteiger partial charge on any atom is 0.308 e. The van der Waals surface area contributed by atoms with Gasteiger partial charge in [-0.1, -0.05) is 26.0 Å². The van der Waals surface area contributed by atoms with Gasteiger partial charge in [-0.15, -0.1) is 10.2 Å². The van der Waals surface area contributed by atoms with Crippen LogP contribution in [0, 0.1) is 11.3 Å². The van der Waals surface area contributed by atoms with Crippen LogP contribution < -0.4 is 20.0 Å². The fraction of sp³-hybridized carbons (Fsp3) is 0.559. The molecule has 2 saturated heterocycles. The molecule has 0 atom stereocenters. The second-order valence-corrected chi connectivity index (χ2v) is 12.7. The lowest BCUT2D eigenvalue weighted by molar-refractivity contribution is -0.163. The van der Waals surface area contributed by atoms with E-state index >= 15 is 0 Å². The predicted octanol–water partition coefficient (Wildman–Crippen LogP) is 3.89. The highest BCUT2D eigenvalue weighted by molar-refractivity contribution is 5.75. The molecule has 0 amide bonds. The Balaban J connectivity index is 0.00000182. The van der Waals surface area contributed by atoms with E-state index in [-0.39, 0.29) is 17.6 Å². The van der Waals surface area contributed by atoms with Crippen LogP contribution in [0.1, 0.15) is 39.5 Å². The lowest BCUT2D eigenvalue weighted by atomic mass is 9.49. The quantitative estimate of drug-likeness (QED) is 0.369. The minimum Gasteiger partial charge on any atom is -0.507 e. The number of nitrogens with zero attached hydrogens (tertiary/aromatic N) is 8. The average molecular weight is 630 g/mol. The summed E-state index contributed by atoms with van der Waals surface area (Å²) in [7, 11) is 3.34. The Labute approximate surface area is 271 Å². The number of phenolic OH excluding ortho intramolecular Hbond substituents is 1. The number of rotatable bonds is 7. The zero-order valence-electron chi connectivity index (χ0n) is 27.5. The van der Waals surface area contributed by atoms with Gasteiger partial charge in [-0.05, 0) is 49.3 Å². The molecule has 0 unspecified atom stereocenters. The van der Waals surface area contributed by atoms with Crippen molar-refractivity contribution in [3.05, 3.63) is 42.7 Å². The van der Waals surface area contributed by atoms with Gasteiger partial charge in [-0.2, -0.15) is 0 Å². The number of ether oxygens (including phenoxy) is 1. The zero-order chi connectivity index (χ0) is 32.3. The molecule has 1 spiro atoms. The van der Waals surface area contributed by atoms with Crippen LogP contribution in [0.4, 0.5) is 23.1 Å². The van der Waals surface area contributed by atoms with Crippen LogP contribution in [0.3, 0.4) is 0 Å². The second-order valence-electron chi connectivity index (χ2n) is 12.7. The maximum atomic E-state index is 11.8. The first-order chi connectivity index (χ1) is 22.4. The molecule has 46 heavy (non-hydrogen) atoms. The van der Waals surface area contributed by atoms with Crippen LogP contribution >= 0.6 is 0 Å². The van der Waals surface area contributed by atoms with Gasteiger partial charge in [-0.25, -0.2) is 9.97 Å². The number of phenols is 1. The van der Waals surface area contributed by atoms with Crippen LogP contribution in [0.2, 0.25) is 0 Å². The highest BCUT2D eigenvalue weighted by Gasteiger charge is 2.56. The first-order valence-corrected chi connectivity index (χ1v) is 16.7. The van der Waals surface area contributed by atoms with E-state index in [0.29, 0.717) is 28.5 Å². The van der Waals surface area contributed by atoms with Crippen LogP contribution in [-0.4, -0.2) is 109 Å². The topological polar surface area (TPSA) is 123 Å². The Morgan fingerprint density at radius 3 is 2.15 bits per heavy atom. The summed E-state index contributed by atoms with van der Waals surface area (Å²) in [5, 5.41) is 22.2. The molecular formula is C34H47N9O3. The predicted molar refractivity (Wildman–Crippen MR) is 180 cm³/mol. The third kappa shape index (κ3) is 6.27. The largest absolute Gasteiger partial charge is 0.507 e. The van der Waals surface area contributed by atoms with Crippen LogP contribution in [0.15, 0.2) is 42.7 Å². The van der Waals surface area contributed by atoms with Crippen molar-refractivity contribution < 1.29 is 14.6 Å². The average Bonchev–Trinajstić information content (AvgIpc) is 3.08. The van der Waals surface area contributed by atoms with Crippen molar-refractivity contribution in [2.45, 2.75) is 45.6 Å². The number of aromatic hydroxyl groups is 1. The number of hydrogen-bond donors (Lipinski definition) is 2. The molecule has 2 aliphatic carbocycles. The Morgan fingerprint density at radius 2 is 1.52 bits per heavy atom. The van der Waals surface area contributed by atoms with Crippen molar-refractivity contribution in [2.24, 2.45) is 11.3 Å². The summed E-state index contributed by atoms with van der Waals surface area (Å²) in [6.45, 7) is 11.2. The third-order valence-corrected chi connectivity index (χ3v) is 10.1. The lowest BCUT2D eigenvalue weighted by Crippen LogP contribution is -2.60. The number of benzene rings is 1. The molecular weight excluding hydrogens is 582 g/mol. The van der Waals surface area contributed by atoms with Gasteiger partial charge in [0.25, 0.3) is 0 Å². The highest BCUT2D eigenvalue weighted by atomic mass is 16.5. The van der Waals surface area contributed by atoms with E-state index in [1.165, 1.54) is 20.0 Å². The highest BCUT2D eigenvalue weighted by Crippen LogP contribution is 2.60. The number of para-hydroxylation sites is 1. The lowest BCUT2D eigenvalue weighted by Gasteiger charge is -2.60. The molecule has 4 fully saturated rings. The van der Waals surface area contributed by atoms with Crippen molar-refractivity contribution in [1.82, 2.24) is 25.1 Å². The number of carbonyl (C=O) groups is 1. The van der Waals surface area contributed by atoms with E-state index in [4.69, 9.17) is 14.7 Å². The van der Waals surface area contributed by atoms with E-state index < -0.39 is 0 Å². The minimum atomic E-state index is -0.0333. The van der Waals surface area contributed by atoms with Gasteiger partial charge in [0.05, 0.1) is 42.5 Å². The van der Waals surface area contributed by atoms with Crippen molar-refractivity contribution in [1.29, 1.82) is 0 Å². The van der Waals surface area contributed by atoms with Crippen molar-refractivity contribution >= 4 is 29.1 Å². The molecule has 246 valence electrons. The number of piperazine rings is 2. The molecule has 7 rings (SSSR count). The fourth-order valence-corrected chi connectivity index (χ4v) is 7.61. The molecule has 3 aromatic rings. The Morgan fingerprint density at radius 1 is 0.891 bits per heavy atom. The standard InChI is InChI=1S/C32H41N9O3.C2H6/c1-33-29-27(15-26(36-37-29)25-5-3-4-6-28(25)42)40-11-13-41(14-12-40)31-34-20-24(21-35-31)39-9-7-38(8-10-39)23-18-32(19-23)16-22(17-32)30(43)44-2;1-2/h3-6,15,20-23,42H,7-14,16-19H2,1-2H3,(H,33,37);1-2H3. The number of methoxy groups -OCH3 is 1. The molecule has 12 heteroatoms. The summed E-state index contributed by atoms with van der Waals surface area (Å²) >= 11 is 0. The molecule has 0 radical (unpaired) electrons. The number of hydrogen-bond acceptors (Lipinski definition) is 12. The molecule has 4 heterocycles. The van der Waals surface area contributed by atoms with Gasteiger partial charge >= 0.3 is 5.97 Å². The Kier molecular flexibility index (Phi) is 9.44. The summed E-state index contributed by atoms with van der Waals surface area (Å²) in [6.07, 6.45) is 8.39. The first-order valence-electron chi connectivity index (χ1n) is 16.7. The van der Waals surface area contributed by atoms with Crippen LogP contribution in [-0.2, 0) is 9.53 Å². The molecule has 2 saturated carbocycles. The summed E-state index contributed by atoms with van der Waals surface area (Å²) in [5.74, 6) is 1.75. The molecule has 12 nitrogen and oxygen atoms in total. The van der Waals surface area contributed by atoms with Crippen LogP contribution in [0.25, 0.3) is 11.3 Å². The maximum absolute atomic E-state index is 11.8. The Hall–Kier alpha value is -4.19. The van der Waals surface area contributed by atoms with E-state index in [9.17, 15) is 9.90 Å². The normalized spacial score (nSPS) is 24.4. The van der Waals surface area contributed by atoms with E-state index in [2.05, 4.69) is 35.1 Å². The first kappa shape index (κ1) is 31.8. The molecule has 4 aliphatic rings. The third-order valence-electron chi connectivity index (χ3n) is 10.1. The summed E-state index contributed by atoms with van der Waals surface area (Å²) in [5.41, 5.74) is 3.75. The monoisotopic (exact) mass is 629 g/mol.